The van der Waals surface area contributed by atoms with Gasteiger partial charge < -0.3 is 4.74 Å². The third-order valence-corrected chi connectivity index (χ3v) is 6.20. The fraction of sp³-hybridized carbons (Fsp3) is 0.107. The van der Waals surface area contributed by atoms with E-state index in [1.54, 1.807) is 18.2 Å². The van der Waals surface area contributed by atoms with Gasteiger partial charge in [0, 0.05) is 21.5 Å². The van der Waals surface area contributed by atoms with Crippen LogP contribution in [0.5, 0.6) is 5.75 Å². The van der Waals surface area contributed by atoms with E-state index in [1.807, 2.05) is 0 Å². The number of alkyl halides is 3. The molecule has 0 N–H and O–H groups in total. The number of hydrogen-bond acceptors (Lipinski definition) is 2. The molecule has 0 amide bonds. The number of fused-ring (bicyclic) bond motifs is 1. The van der Waals surface area contributed by atoms with Crippen LogP contribution in [-0.4, -0.2) is 9.78 Å². The predicted octanol–water partition coefficient (Wildman–Crippen LogP) is 8.42. The van der Waals surface area contributed by atoms with Crippen LogP contribution in [0, 0.1) is 17.5 Å². The molecule has 194 valence electrons. The second-order valence-corrected chi connectivity index (χ2v) is 8.89. The molecule has 0 spiro atoms. The van der Waals surface area contributed by atoms with E-state index in [0.717, 1.165) is 24.3 Å². The van der Waals surface area contributed by atoms with Crippen LogP contribution in [0.1, 0.15) is 16.7 Å². The van der Waals surface area contributed by atoms with Crippen LogP contribution in [0.15, 0.2) is 78.9 Å². The topological polar surface area (TPSA) is 27.1 Å². The van der Waals surface area contributed by atoms with Gasteiger partial charge >= 0.3 is 6.18 Å². The largest absolute Gasteiger partial charge is 0.489 e. The second kappa shape index (κ2) is 10.1. The Hall–Kier alpha value is -3.98. The van der Waals surface area contributed by atoms with Crippen LogP contribution in [0.2, 0.25) is 5.02 Å². The highest BCUT2D eigenvalue weighted by molar-refractivity contribution is 6.30. The minimum Gasteiger partial charge on any atom is -0.489 e. The zero-order valence-corrected chi connectivity index (χ0v) is 20.1. The molecule has 0 radical (unpaired) electrons. The third kappa shape index (κ3) is 5.06. The maximum atomic E-state index is 14.6. The van der Waals surface area contributed by atoms with Gasteiger partial charge in [0.2, 0.25) is 0 Å². The Bertz CT molecular complexity index is 1630. The summed E-state index contributed by atoms with van der Waals surface area (Å²) in [4.78, 5) is 0. The maximum absolute atomic E-state index is 14.6. The summed E-state index contributed by atoms with van der Waals surface area (Å²) in [5, 5.41) is 4.58. The van der Waals surface area contributed by atoms with Crippen molar-refractivity contribution in [3.8, 4) is 17.0 Å². The smallest absolute Gasteiger partial charge is 0.418 e. The van der Waals surface area contributed by atoms with Gasteiger partial charge in [-0.25, -0.2) is 13.2 Å². The molecule has 0 aliphatic carbocycles. The molecule has 10 heteroatoms. The summed E-state index contributed by atoms with van der Waals surface area (Å²) in [6.07, 6.45) is -4.67. The quantitative estimate of drug-likeness (QED) is 0.200. The average Bonchev–Trinajstić information content (AvgIpc) is 3.23. The van der Waals surface area contributed by atoms with Crippen molar-refractivity contribution in [2.75, 3.05) is 0 Å². The van der Waals surface area contributed by atoms with Gasteiger partial charge in [-0.3, -0.25) is 4.68 Å². The zero-order valence-electron chi connectivity index (χ0n) is 19.4. The first-order valence-corrected chi connectivity index (χ1v) is 11.7. The van der Waals surface area contributed by atoms with E-state index in [4.69, 9.17) is 16.3 Å². The van der Waals surface area contributed by atoms with Crippen molar-refractivity contribution in [2.45, 2.75) is 19.3 Å². The van der Waals surface area contributed by atoms with Crippen molar-refractivity contribution in [1.82, 2.24) is 9.78 Å². The van der Waals surface area contributed by atoms with Gasteiger partial charge in [0.1, 0.15) is 35.3 Å². The van der Waals surface area contributed by atoms with E-state index in [2.05, 4.69) is 5.10 Å². The number of benzene rings is 4. The minimum atomic E-state index is -4.67. The molecule has 0 aliphatic heterocycles. The number of nitrogens with zero attached hydrogens (tertiary/aromatic N) is 2. The Balaban J connectivity index is 1.60. The second-order valence-electron chi connectivity index (χ2n) is 8.46. The van der Waals surface area contributed by atoms with Crippen molar-refractivity contribution < 1.29 is 31.1 Å². The van der Waals surface area contributed by atoms with E-state index in [9.17, 15) is 26.3 Å². The number of aromatic nitrogens is 2. The lowest BCUT2D eigenvalue weighted by molar-refractivity contribution is -0.136. The number of halogens is 7. The molecule has 38 heavy (non-hydrogen) atoms. The van der Waals surface area contributed by atoms with Crippen LogP contribution in [-0.2, 0) is 19.3 Å². The van der Waals surface area contributed by atoms with Crippen molar-refractivity contribution in [1.29, 1.82) is 0 Å². The number of ether oxygens (including phenoxy) is 1. The molecule has 0 atom stereocenters. The van der Waals surface area contributed by atoms with E-state index in [1.165, 1.54) is 41.1 Å². The van der Waals surface area contributed by atoms with Crippen LogP contribution in [0.3, 0.4) is 0 Å². The van der Waals surface area contributed by atoms with Crippen LogP contribution in [0.25, 0.3) is 22.2 Å². The molecule has 0 saturated heterocycles. The van der Waals surface area contributed by atoms with Gasteiger partial charge in [0.05, 0.1) is 23.4 Å². The van der Waals surface area contributed by atoms with E-state index in [-0.39, 0.29) is 45.0 Å². The van der Waals surface area contributed by atoms with Crippen molar-refractivity contribution in [3.63, 3.8) is 0 Å². The molecular weight excluding hydrogens is 530 g/mol. The van der Waals surface area contributed by atoms with Gasteiger partial charge in [-0.05, 0) is 42.5 Å². The van der Waals surface area contributed by atoms with Gasteiger partial charge in [0.15, 0.2) is 0 Å². The zero-order chi connectivity index (χ0) is 27.0. The molecule has 0 aliphatic rings. The molecule has 0 bridgehead atoms. The molecule has 3 nitrogen and oxygen atoms in total. The third-order valence-electron chi connectivity index (χ3n) is 5.96. The van der Waals surface area contributed by atoms with Crippen molar-refractivity contribution in [2.24, 2.45) is 0 Å². The molecule has 1 aromatic heterocycles. The SMILES string of the molecule is Fc1cc(Cl)ccc1Cn1nc2c(C(F)(F)F)cccc2c1-c1cccc(OCc2c(F)cccc2F)c1. The highest BCUT2D eigenvalue weighted by atomic mass is 35.5. The first kappa shape index (κ1) is 25.7. The fourth-order valence-electron chi connectivity index (χ4n) is 4.17. The van der Waals surface area contributed by atoms with Gasteiger partial charge in [-0.1, -0.05) is 48.0 Å². The summed E-state index contributed by atoms with van der Waals surface area (Å²) >= 11 is 5.84. The molecule has 5 aromatic rings. The first-order chi connectivity index (χ1) is 18.1. The summed E-state index contributed by atoms with van der Waals surface area (Å²) in [5.74, 6) is -1.96. The maximum Gasteiger partial charge on any atom is 0.418 e. The van der Waals surface area contributed by atoms with Gasteiger partial charge in [-0.15, -0.1) is 0 Å². The molecule has 0 saturated carbocycles. The molecule has 0 fully saturated rings. The lowest BCUT2D eigenvalue weighted by Crippen LogP contribution is -2.07. The Kier molecular flexibility index (Phi) is 6.79. The van der Waals surface area contributed by atoms with Gasteiger partial charge in [0.25, 0.3) is 0 Å². The Labute approximate surface area is 217 Å². The first-order valence-electron chi connectivity index (χ1n) is 11.3. The normalized spacial score (nSPS) is 11.8. The highest BCUT2D eigenvalue weighted by Gasteiger charge is 2.34. The summed E-state index contributed by atoms with van der Waals surface area (Å²) in [6, 6.07) is 17.4. The fourth-order valence-corrected chi connectivity index (χ4v) is 4.33. The van der Waals surface area contributed by atoms with E-state index >= 15 is 0 Å². The lowest BCUT2D eigenvalue weighted by atomic mass is 10.0. The van der Waals surface area contributed by atoms with Gasteiger partial charge in [-0.2, -0.15) is 18.3 Å². The standard InChI is InChI=1S/C28H17ClF6N2O/c29-18-11-10-17(25(32)13-18)14-37-27(20-6-2-7-22(26(20)36-37)28(33,34)35)16-4-1-5-19(12-16)38-15-21-23(30)8-3-9-24(21)31/h1-13H,14-15H2. The molecule has 1 heterocycles. The number of hydrogen-bond donors (Lipinski definition) is 0. The molecular formula is C28H17ClF6N2O. The average molecular weight is 547 g/mol. The monoisotopic (exact) mass is 546 g/mol. The van der Waals surface area contributed by atoms with Crippen LogP contribution < -0.4 is 4.74 Å². The summed E-state index contributed by atoms with van der Waals surface area (Å²) in [5.41, 5.74) is -0.644. The Morgan fingerprint density at radius 1 is 0.816 bits per heavy atom. The Morgan fingerprint density at radius 2 is 1.53 bits per heavy atom. The van der Waals surface area contributed by atoms with Crippen molar-refractivity contribution >= 4 is 22.5 Å². The summed E-state index contributed by atoms with van der Waals surface area (Å²) < 4.78 is 90.9. The predicted molar refractivity (Wildman–Crippen MR) is 131 cm³/mol. The van der Waals surface area contributed by atoms with E-state index < -0.39 is 35.8 Å². The minimum absolute atomic E-state index is 0.166. The lowest BCUT2D eigenvalue weighted by Gasteiger charge is -2.12. The molecule has 5 rings (SSSR count). The van der Waals surface area contributed by atoms with E-state index in [0.29, 0.717) is 5.56 Å². The van der Waals surface area contributed by atoms with Crippen LogP contribution >= 0.6 is 11.6 Å². The molecule has 0 unspecified atom stereocenters. The van der Waals surface area contributed by atoms with Crippen LogP contribution in [0.4, 0.5) is 26.3 Å². The Morgan fingerprint density at radius 3 is 2.24 bits per heavy atom. The summed E-state index contributed by atoms with van der Waals surface area (Å²) in [6.45, 7) is -0.591. The highest BCUT2D eigenvalue weighted by Crippen LogP contribution is 2.39. The van der Waals surface area contributed by atoms with Crippen molar-refractivity contribution in [3.05, 3.63) is 118 Å². The summed E-state index contributed by atoms with van der Waals surface area (Å²) in [7, 11) is 0. The number of rotatable bonds is 6. The molecule has 4 aromatic carbocycles.